The summed E-state index contributed by atoms with van der Waals surface area (Å²) in [4.78, 5) is 24.1. The second kappa shape index (κ2) is 4.29. The monoisotopic (exact) mass is 325 g/mol. The van der Waals surface area contributed by atoms with Crippen molar-refractivity contribution in [3.63, 3.8) is 0 Å². The number of amides is 1. The molecule has 116 valence electrons. The van der Waals surface area contributed by atoms with E-state index in [4.69, 9.17) is 0 Å². The number of carbonyl (C=O) groups is 2. The average molecular weight is 325 g/mol. The van der Waals surface area contributed by atoms with E-state index in [1.54, 1.807) is 6.08 Å². The number of rotatable bonds is 2. The molecule has 4 atom stereocenters. The molecule has 0 N–H and O–H groups in total. The van der Waals surface area contributed by atoms with Crippen molar-refractivity contribution >= 4 is 21.8 Å². The lowest BCUT2D eigenvalue weighted by Crippen LogP contribution is -2.53. The van der Waals surface area contributed by atoms with Gasteiger partial charge in [-0.25, -0.2) is 0 Å². The van der Waals surface area contributed by atoms with Gasteiger partial charge in [0, 0.05) is 5.92 Å². The molecule has 2 aliphatic carbocycles. The predicted octanol–water partition coefficient (Wildman–Crippen LogP) is 0.617. The summed E-state index contributed by atoms with van der Waals surface area (Å²) in [5.41, 5.74) is -5.65. The van der Waals surface area contributed by atoms with Crippen molar-refractivity contribution in [2.75, 3.05) is 6.54 Å². The number of halogens is 3. The van der Waals surface area contributed by atoms with Gasteiger partial charge in [0.15, 0.2) is 5.78 Å². The third kappa shape index (κ3) is 2.08. The van der Waals surface area contributed by atoms with E-state index < -0.39 is 45.7 Å². The van der Waals surface area contributed by atoms with Gasteiger partial charge < -0.3 is 0 Å². The van der Waals surface area contributed by atoms with Crippen molar-refractivity contribution in [1.82, 2.24) is 5.06 Å². The first-order valence-corrected chi connectivity index (χ1v) is 7.56. The number of alkyl halides is 3. The highest BCUT2D eigenvalue weighted by Crippen LogP contribution is 2.50. The lowest BCUT2D eigenvalue weighted by molar-refractivity contribution is -0.178. The Morgan fingerprint density at radius 1 is 1.14 bits per heavy atom. The van der Waals surface area contributed by atoms with Crippen LogP contribution in [0.25, 0.3) is 0 Å². The zero-order chi connectivity index (χ0) is 15.6. The third-order valence-electron chi connectivity index (χ3n) is 4.13. The van der Waals surface area contributed by atoms with Gasteiger partial charge in [0.25, 0.3) is 5.91 Å². The van der Waals surface area contributed by atoms with E-state index in [1.807, 2.05) is 6.08 Å². The number of fused-ring (bicyclic) bond motifs is 5. The Morgan fingerprint density at radius 3 is 2.29 bits per heavy atom. The number of hydrogen-bond acceptors (Lipinski definition) is 5. The molecule has 0 aromatic rings. The van der Waals surface area contributed by atoms with Gasteiger partial charge in [-0.05, 0) is 18.3 Å². The molecule has 1 saturated heterocycles. The normalized spacial score (nSPS) is 35.5. The molecule has 0 aromatic carbocycles. The van der Waals surface area contributed by atoms with Crippen LogP contribution in [0.15, 0.2) is 12.2 Å². The van der Waals surface area contributed by atoms with E-state index in [-0.39, 0.29) is 16.9 Å². The maximum absolute atomic E-state index is 12.3. The van der Waals surface area contributed by atoms with E-state index in [9.17, 15) is 31.2 Å². The first-order valence-electron chi connectivity index (χ1n) is 6.15. The minimum absolute atomic E-state index is 0.0286. The molecule has 1 aliphatic heterocycles. The van der Waals surface area contributed by atoms with Crippen LogP contribution in [0.4, 0.5) is 13.2 Å². The third-order valence-corrected chi connectivity index (χ3v) is 5.08. The predicted molar refractivity (Wildman–Crippen MR) is 60.5 cm³/mol. The van der Waals surface area contributed by atoms with E-state index in [0.29, 0.717) is 6.42 Å². The first-order chi connectivity index (χ1) is 9.62. The highest BCUT2D eigenvalue weighted by molar-refractivity contribution is 7.87. The number of hydrogen-bond donors (Lipinski definition) is 0. The second-order valence-corrected chi connectivity index (χ2v) is 6.84. The fourth-order valence-electron chi connectivity index (χ4n) is 3.31. The number of piperidine rings is 1. The van der Waals surface area contributed by atoms with Crippen LogP contribution in [-0.4, -0.2) is 37.2 Å². The van der Waals surface area contributed by atoms with Crippen molar-refractivity contribution in [2.24, 2.45) is 23.7 Å². The van der Waals surface area contributed by atoms with Gasteiger partial charge in [-0.3, -0.25) is 9.59 Å². The summed E-state index contributed by atoms with van der Waals surface area (Å²) in [5.74, 6) is -3.13. The molecule has 4 unspecified atom stereocenters. The van der Waals surface area contributed by atoms with Gasteiger partial charge in [0.1, 0.15) is 6.54 Å². The maximum atomic E-state index is 12.3. The van der Waals surface area contributed by atoms with Crippen molar-refractivity contribution in [3.05, 3.63) is 12.2 Å². The Balaban J connectivity index is 1.85. The Hall–Kier alpha value is -1.42. The number of carbonyl (C=O) groups excluding carboxylic acids is 2. The molecule has 1 saturated carbocycles. The quantitative estimate of drug-likeness (QED) is 0.549. The SMILES string of the molecule is O=C1CN(OS(=O)(=O)C(F)(F)F)C(=O)C2C3C=CC(C3)C12. The first kappa shape index (κ1) is 14.5. The summed E-state index contributed by atoms with van der Waals surface area (Å²) < 4.78 is 62.6. The van der Waals surface area contributed by atoms with Crippen LogP contribution in [0.2, 0.25) is 0 Å². The molecular weight excluding hydrogens is 315 g/mol. The molecule has 3 rings (SSSR count). The van der Waals surface area contributed by atoms with Gasteiger partial charge in [-0.15, -0.1) is 4.28 Å². The van der Waals surface area contributed by atoms with Gasteiger partial charge >= 0.3 is 15.6 Å². The van der Waals surface area contributed by atoms with Gasteiger partial charge in [0.2, 0.25) is 0 Å². The lowest BCUT2D eigenvalue weighted by atomic mass is 9.77. The van der Waals surface area contributed by atoms with E-state index >= 15 is 0 Å². The minimum Gasteiger partial charge on any atom is -0.297 e. The topological polar surface area (TPSA) is 80.8 Å². The number of hydroxylamine groups is 2. The molecule has 1 amide bonds. The summed E-state index contributed by atoms with van der Waals surface area (Å²) in [7, 11) is -5.96. The van der Waals surface area contributed by atoms with Crippen LogP contribution in [0.5, 0.6) is 0 Å². The van der Waals surface area contributed by atoms with Crippen LogP contribution in [0.3, 0.4) is 0 Å². The molecule has 6 nitrogen and oxygen atoms in total. The summed E-state index contributed by atoms with van der Waals surface area (Å²) in [6, 6.07) is 0. The fraction of sp³-hybridized carbons (Fsp3) is 0.636. The van der Waals surface area contributed by atoms with Gasteiger partial charge in [-0.2, -0.15) is 26.7 Å². The number of ketones is 1. The number of allylic oxidation sites excluding steroid dienone is 2. The summed E-state index contributed by atoms with van der Waals surface area (Å²) >= 11 is 0. The molecule has 2 fully saturated rings. The number of Topliss-reactive ketones (excluding diaryl/α,β-unsaturated/α-hetero) is 1. The summed E-state index contributed by atoms with van der Waals surface area (Å²) in [6.45, 7) is -0.785. The molecule has 21 heavy (non-hydrogen) atoms. The summed E-state index contributed by atoms with van der Waals surface area (Å²) in [6.07, 6.45) is 4.13. The highest BCUT2D eigenvalue weighted by atomic mass is 32.2. The smallest absolute Gasteiger partial charge is 0.297 e. The minimum atomic E-state index is -5.96. The molecular formula is C11H10F3NO5S. The van der Waals surface area contributed by atoms with Crippen molar-refractivity contribution in [2.45, 2.75) is 11.9 Å². The van der Waals surface area contributed by atoms with Crippen molar-refractivity contribution in [1.29, 1.82) is 0 Å². The Labute approximate surface area is 117 Å². The van der Waals surface area contributed by atoms with E-state index in [1.165, 1.54) is 0 Å². The largest absolute Gasteiger partial charge is 0.525 e. The van der Waals surface area contributed by atoms with E-state index in [0.717, 1.165) is 0 Å². The molecule has 10 heteroatoms. The van der Waals surface area contributed by atoms with E-state index in [2.05, 4.69) is 4.28 Å². The standard InChI is InChI=1S/C11H10F3NO5S/c12-11(13,14)21(18,19)20-15-4-7(16)8-5-1-2-6(3-5)9(8)10(15)17/h1-2,5-6,8-9H,3-4H2. The molecule has 0 spiro atoms. The maximum Gasteiger partial charge on any atom is 0.525 e. The molecule has 1 heterocycles. The Kier molecular flexibility index (Phi) is 2.97. The zero-order valence-electron chi connectivity index (χ0n) is 10.4. The average Bonchev–Trinajstić information content (AvgIpc) is 2.94. The van der Waals surface area contributed by atoms with Crippen LogP contribution in [-0.2, 0) is 24.0 Å². The molecule has 2 bridgehead atoms. The molecule has 0 radical (unpaired) electrons. The molecule has 3 aliphatic rings. The van der Waals surface area contributed by atoms with Crippen molar-refractivity contribution < 1.29 is 35.5 Å². The van der Waals surface area contributed by atoms with Gasteiger partial charge in [0.05, 0.1) is 5.92 Å². The second-order valence-electron chi connectivity index (χ2n) is 5.32. The van der Waals surface area contributed by atoms with Crippen LogP contribution < -0.4 is 0 Å². The van der Waals surface area contributed by atoms with Crippen LogP contribution in [0, 0.1) is 23.7 Å². The lowest BCUT2D eigenvalue weighted by Gasteiger charge is -2.35. The van der Waals surface area contributed by atoms with Gasteiger partial charge in [-0.1, -0.05) is 12.2 Å². The van der Waals surface area contributed by atoms with Crippen molar-refractivity contribution in [3.8, 4) is 0 Å². The highest BCUT2D eigenvalue weighted by Gasteiger charge is 2.58. The molecule has 0 aromatic heterocycles. The summed E-state index contributed by atoms with van der Waals surface area (Å²) in [5, 5.41) is 0.0286. The van der Waals surface area contributed by atoms with Crippen LogP contribution in [0.1, 0.15) is 6.42 Å². The Bertz CT molecular complexity index is 641. The number of nitrogens with zero attached hydrogens (tertiary/aromatic N) is 1. The fourth-order valence-corrected chi connectivity index (χ4v) is 3.76. The zero-order valence-corrected chi connectivity index (χ0v) is 11.2. The van der Waals surface area contributed by atoms with Crippen LogP contribution >= 0.6 is 0 Å². The Morgan fingerprint density at radius 2 is 1.71 bits per heavy atom.